The van der Waals surface area contributed by atoms with Gasteiger partial charge in [-0.05, 0) is 43.5 Å². The molecular formula is C27H27N5O3. The van der Waals surface area contributed by atoms with Gasteiger partial charge in [-0.15, -0.1) is 0 Å². The van der Waals surface area contributed by atoms with E-state index in [1.807, 2.05) is 10.9 Å². The number of benzene rings is 2. The molecule has 1 aliphatic rings. The van der Waals surface area contributed by atoms with Crippen molar-refractivity contribution in [3.05, 3.63) is 66.0 Å². The van der Waals surface area contributed by atoms with Gasteiger partial charge in [0.15, 0.2) is 5.82 Å². The standard InChI is InChI=1S/C27H27N5O3/c1-34-24-14-20(27(33)35-2)12-21-25(24)32-17-18-15-28-30(16-18)10-6-3-7-11-31-22-9-5-4-8-19(22)13-23(31)26(32)29-21/h4-5,8-9,12-16H,3,6-7,10-11,17H2,1-2H3. The van der Waals surface area contributed by atoms with E-state index >= 15 is 0 Å². The third-order valence-electron chi connectivity index (χ3n) is 6.78. The van der Waals surface area contributed by atoms with Crippen molar-refractivity contribution in [1.82, 2.24) is 23.9 Å². The summed E-state index contributed by atoms with van der Waals surface area (Å²) in [6.07, 6.45) is 7.31. The van der Waals surface area contributed by atoms with E-state index in [0.29, 0.717) is 23.4 Å². The second-order valence-corrected chi connectivity index (χ2v) is 8.97. The molecule has 0 radical (unpaired) electrons. The zero-order chi connectivity index (χ0) is 23.9. The number of nitrogens with zero attached hydrogens (tertiary/aromatic N) is 5. The van der Waals surface area contributed by atoms with Gasteiger partial charge in [0.1, 0.15) is 11.3 Å². The van der Waals surface area contributed by atoms with Gasteiger partial charge in [-0.25, -0.2) is 9.78 Å². The van der Waals surface area contributed by atoms with Gasteiger partial charge >= 0.3 is 5.97 Å². The number of hydrogen-bond donors (Lipinski definition) is 0. The number of ether oxygens (including phenoxy) is 2. The lowest BCUT2D eigenvalue weighted by molar-refractivity contribution is 0.0600. The zero-order valence-electron chi connectivity index (χ0n) is 19.9. The van der Waals surface area contributed by atoms with Gasteiger partial charge in [0.05, 0.1) is 43.7 Å². The van der Waals surface area contributed by atoms with Gasteiger partial charge < -0.3 is 18.6 Å². The van der Waals surface area contributed by atoms with Crippen LogP contribution in [0.4, 0.5) is 0 Å². The molecule has 178 valence electrons. The lowest BCUT2D eigenvalue weighted by atomic mass is 10.2. The monoisotopic (exact) mass is 469 g/mol. The molecule has 5 aromatic rings. The first-order valence-corrected chi connectivity index (χ1v) is 11.9. The van der Waals surface area contributed by atoms with E-state index in [0.717, 1.165) is 55.0 Å². The lowest BCUT2D eigenvalue weighted by Gasteiger charge is -2.14. The van der Waals surface area contributed by atoms with Crippen LogP contribution in [0.15, 0.2) is 54.9 Å². The first kappa shape index (κ1) is 21.5. The SMILES string of the molecule is COC(=O)c1cc(OC)c2c(c1)nc1n2Cc2cnn(c2)CCCCCn2c-1cc1ccccc12. The molecule has 0 fully saturated rings. The second kappa shape index (κ2) is 8.61. The summed E-state index contributed by atoms with van der Waals surface area (Å²) in [5, 5.41) is 5.76. The molecule has 0 aliphatic carbocycles. The number of aromatic nitrogens is 5. The predicted molar refractivity (Wildman–Crippen MR) is 134 cm³/mol. The molecule has 0 saturated heterocycles. The van der Waals surface area contributed by atoms with Gasteiger partial charge in [0, 0.05) is 35.8 Å². The third-order valence-corrected chi connectivity index (χ3v) is 6.78. The van der Waals surface area contributed by atoms with Crippen molar-refractivity contribution in [3.8, 4) is 17.3 Å². The number of hydrogen-bond acceptors (Lipinski definition) is 5. The van der Waals surface area contributed by atoms with Crippen molar-refractivity contribution in [2.75, 3.05) is 14.2 Å². The molecule has 6 rings (SSSR count). The van der Waals surface area contributed by atoms with E-state index < -0.39 is 5.97 Å². The zero-order valence-corrected chi connectivity index (χ0v) is 19.9. The van der Waals surface area contributed by atoms with E-state index in [-0.39, 0.29) is 0 Å². The normalized spacial score (nSPS) is 14.0. The quantitative estimate of drug-likeness (QED) is 0.345. The molecule has 2 aromatic carbocycles. The smallest absolute Gasteiger partial charge is 0.338 e. The molecule has 35 heavy (non-hydrogen) atoms. The van der Waals surface area contributed by atoms with Crippen LogP contribution in [0.1, 0.15) is 35.2 Å². The summed E-state index contributed by atoms with van der Waals surface area (Å²) < 4.78 is 17.3. The predicted octanol–water partition coefficient (Wildman–Crippen LogP) is 4.88. The number of para-hydroxylation sites is 1. The van der Waals surface area contributed by atoms with E-state index in [4.69, 9.17) is 14.5 Å². The molecule has 0 amide bonds. The Morgan fingerprint density at radius 1 is 1.00 bits per heavy atom. The van der Waals surface area contributed by atoms with Crippen molar-refractivity contribution in [2.24, 2.45) is 0 Å². The minimum Gasteiger partial charge on any atom is -0.494 e. The average molecular weight is 470 g/mol. The summed E-state index contributed by atoms with van der Waals surface area (Å²) >= 11 is 0. The number of esters is 1. The summed E-state index contributed by atoms with van der Waals surface area (Å²) in [5.41, 5.74) is 5.29. The van der Waals surface area contributed by atoms with Crippen molar-refractivity contribution in [1.29, 1.82) is 0 Å². The Kier molecular flexibility index (Phi) is 5.28. The van der Waals surface area contributed by atoms with Crippen molar-refractivity contribution < 1.29 is 14.3 Å². The molecule has 0 atom stereocenters. The van der Waals surface area contributed by atoms with Crippen LogP contribution in [0.3, 0.4) is 0 Å². The van der Waals surface area contributed by atoms with Crippen LogP contribution in [0.25, 0.3) is 33.5 Å². The van der Waals surface area contributed by atoms with Crippen LogP contribution in [-0.2, 0) is 24.4 Å². The highest BCUT2D eigenvalue weighted by molar-refractivity contribution is 5.97. The van der Waals surface area contributed by atoms with Crippen LogP contribution < -0.4 is 4.74 Å². The van der Waals surface area contributed by atoms with E-state index in [9.17, 15) is 4.79 Å². The topological polar surface area (TPSA) is 76.1 Å². The minimum absolute atomic E-state index is 0.413. The molecule has 2 bridgehead atoms. The summed E-state index contributed by atoms with van der Waals surface area (Å²) in [4.78, 5) is 17.4. The fraction of sp³-hybridized carbons (Fsp3) is 0.296. The Balaban J connectivity index is 1.66. The largest absolute Gasteiger partial charge is 0.494 e. The van der Waals surface area contributed by atoms with E-state index in [2.05, 4.69) is 50.8 Å². The number of rotatable bonds is 2. The molecule has 3 aromatic heterocycles. The lowest BCUT2D eigenvalue weighted by Crippen LogP contribution is -2.07. The maximum Gasteiger partial charge on any atom is 0.338 e. The minimum atomic E-state index is -0.418. The molecule has 4 heterocycles. The number of imidazole rings is 1. The van der Waals surface area contributed by atoms with Gasteiger partial charge in [-0.3, -0.25) is 4.68 Å². The molecular weight excluding hydrogens is 442 g/mol. The molecule has 0 spiro atoms. The Morgan fingerprint density at radius 3 is 2.71 bits per heavy atom. The number of fused-ring (bicyclic) bond motifs is 9. The number of carbonyl (C=O) groups is 1. The molecule has 8 heteroatoms. The van der Waals surface area contributed by atoms with Crippen LogP contribution in [0.2, 0.25) is 0 Å². The highest BCUT2D eigenvalue weighted by Gasteiger charge is 2.23. The van der Waals surface area contributed by atoms with Crippen LogP contribution in [0.5, 0.6) is 5.75 Å². The number of methoxy groups -OCH3 is 2. The third kappa shape index (κ3) is 3.65. The first-order valence-electron chi connectivity index (χ1n) is 11.9. The molecule has 8 nitrogen and oxygen atoms in total. The molecule has 0 unspecified atom stereocenters. The van der Waals surface area contributed by atoms with E-state index in [1.54, 1.807) is 19.2 Å². The van der Waals surface area contributed by atoms with Gasteiger partial charge in [0.25, 0.3) is 0 Å². The highest BCUT2D eigenvalue weighted by Crippen LogP contribution is 2.36. The Labute approximate surface area is 202 Å². The van der Waals surface area contributed by atoms with Crippen molar-refractivity contribution in [3.63, 3.8) is 0 Å². The number of aryl methyl sites for hydroxylation is 2. The highest BCUT2D eigenvalue weighted by atomic mass is 16.5. The average Bonchev–Trinajstić information content (AvgIpc) is 3.58. The Bertz CT molecular complexity index is 1560. The summed E-state index contributed by atoms with van der Waals surface area (Å²) in [7, 11) is 2.99. The fourth-order valence-electron chi connectivity index (χ4n) is 5.12. The number of carbonyl (C=O) groups excluding carboxylic acids is 1. The van der Waals surface area contributed by atoms with Crippen LogP contribution >= 0.6 is 0 Å². The first-order chi connectivity index (χ1) is 17.2. The molecule has 1 aliphatic heterocycles. The Hall–Kier alpha value is -4.07. The molecule has 0 N–H and O–H groups in total. The summed E-state index contributed by atoms with van der Waals surface area (Å²) in [6.45, 7) is 2.39. The maximum absolute atomic E-state index is 12.3. The molecule has 0 saturated carbocycles. The van der Waals surface area contributed by atoms with E-state index in [1.165, 1.54) is 18.0 Å². The fourth-order valence-corrected chi connectivity index (χ4v) is 5.12. The second-order valence-electron chi connectivity index (χ2n) is 8.97. The Morgan fingerprint density at radius 2 is 1.86 bits per heavy atom. The summed E-state index contributed by atoms with van der Waals surface area (Å²) in [6, 6.07) is 14.2. The van der Waals surface area contributed by atoms with Crippen LogP contribution in [0, 0.1) is 0 Å². The van der Waals surface area contributed by atoms with Gasteiger partial charge in [0.2, 0.25) is 0 Å². The van der Waals surface area contributed by atoms with Gasteiger partial charge in [-0.1, -0.05) is 18.2 Å². The van der Waals surface area contributed by atoms with Crippen LogP contribution in [-0.4, -0.2) is 44.1 Å². The van der Waals surface area contributed by atoms with Crippen molar-refractivity contribution >= 4 is 27.9 Å². The van der Waals surface area contributed by atoms with Crippen molar-refractivity contribution in [2.45, 2.75) is 38.9 Å². The summed E-state index contributed by atoms with van der Waals surface area (Å²) in [5.74, 6) is 1.00. The van der Waals surface area contributed by atoms with Gasteiger partial charge in [-0.2, -0.15) is 5.10 Å². The maximum atomic E-state index is 12.3.